The van der Waals surface area contributed by atoms with Crippen LogP contribution in [-0.2, 0) is 6.54 Å². The van der Waals surface area contributed by atoms with Crippen LogP contribution in [0.1, 0.15) is 21.6 Å². The smallest absolute Gasteiger partial charge is 0.251 e. The van der Waals surface area contributed by atoms with Crippen molar-refractivity contribution < 1.29 is 9.53 Å². The number of H-pyrrole nitrogens is 1. The van der Waals surface area contributed by atoms with E-state index in [1.54, 1.807) is 31.8 Å². The van der Waals surface area contributed by atoms with Gasteiger partial charge in [-0.15, -0.1) is 0 Å². The summed E-state index contributed by atoms with van der Waals surface area (Å²) in [7, 11) is 1.59. The van der Waals surface area contributed by atoms with Crippen LogP contribution in [0.15, 0.2) is 30.7 Å². The summed E-state index contributed by atoms with van der Waals surface area (Å²) in [6.07, 6.45) is 3.26. The van der Waals surface area contributed by atoms with Gasteiger partial charge in [0.1, 0.15) is 5.75 Å². The van der Waals surface area contributed by atoms with Gasteiger partial charge in [-0.25, -0.2) is 4.98 Å². The molecule has 1 amide bonds. The topological polar surface area (TPSA) is 67.0 Å². The number of carbonyl (C=O) groups is 1. The lowest BCUT2D eigenvalue weighted by molar-refractivity contribution is 0.0950. The number of rotatable bonds is 4. The van der Waals surface area contributed by atoms with Gasteiger partial charge in [0, 0.05) is 11.8 Å². The van der Waals surface area contributed by atoms with Crippen molar-refractivity contribution in [3.63, 3.8) is 0 Å². The van der Waals surface area contributed by atoms with E-state index in [4.69, 9.17) is 4.74 Å². The van der Waals surface area contributed by atoms with Crippen LogP contribution in [0.3, 0.4) is 0 Å². The van der Waals surface area contributed by atoms with Crippen LogP contribution in [-0.4, -0.2) is 23.0 Å². The highest BCUT2D eigenvalue weighted by atomic mass is 16.5. The minimum absolute atomic E-state index is 0.136. The number of nitrogens with one attached hydrogen (secondary N) is 2. The SMILES string of the molecule is COc1cc(C(=O)NCc2cnc[nH]2)ccc1C. The first-order valence-electron chi connectivity index (χ1n) is 5.61. The Balaban J connectivity index is 2.04. The van der Waals surface area contributed by atoms with Crippen molar-refractivity contribution in [1.82, 2.24) is 15.3 Å². The third kappa shape index (κ3) is 2.68. The molecule has 2 rings (SSSR count). The van der Waals surface area contributed by atoms with Crippen LogP contribution >= 0.6 is 0 Å². The van der Waals surface area contributed by atoms with E-state index in [0.29, 0.717) is 17.9 Å². The Bertz CT molecular complexity index is 535. The second-order valence-electron chi connectivity index (χ2n) is 3.94. The minimum Gasteiger partial charge on any atom is -0.496 e. The molecule has 0 spiro atoms. The molecule has 0 radical (unpaired) electrons. The van der Waals surface area contributed by atoms with Gasteiger partial charge in [0.25, 0.3) is 5.91 Å². The molecule has 0 aliphatic carbocycles. The highest BCUT2D eigenvalue weighted by Gasteiger charge is 2.08. The van der Waals surface area contributed by atoms with Crippen LogP contribution in [0.5, 0.6) is 5.75 Å². The minimum atomic E-state index is -0.136. The Morgan fingerprint density at radius 2 is 2.33 bits per heavy atom. The summed E-state index contributed by atoms with van der Waals surface area (Å²) in [5.41, 5.74) is 2.45. The van der Waals surface area contributed by atoms with Crippen LogP contribution in [0, 0.1) is 6.92 Å². The quantitative estimate of drug-likeness (QED) is 0.860. The summed E-state index contributed by atoms with van der Waals surface area (Å²) in [4.78, 5) is 18.7. The molecule has 94 valence electrons. The van der Waals surface area contributed by atoms with Crippen molar-refractivity contribution in [1.29, 1.82) is 0 Å². The predicted octanol–water partition coefficient (Wildman–Crippen LogP) is 1.66. The largest absolute Gasteiger partial charge is 0.496 e. The van der Waals surface area contributed by atoms with Crippen molar-refractivity contribution in [2.75, 3.05) is 7.11 Å². The second-order valence-corrected chi connectivity index (χ2v) is 3.94. The Hall–Kier alpha value is -2.30. The molecule has 0 aliphatic heterocycles. The molecular weight excluding hydrogens is 230 g/mol. The summed E-state index contributed by atoms with van der Waals surface area (Å²) < 4.78 is 5.19. The summed E-state index contributed by atoms with van der Waals surface area (Å²) in [6.45, 7) is 2.36. The first-order valence-corrected chi connectivity index (χ1v) is 5.61. The van der Waals surface area contributed by atoms with Gasteiger partial charge in [-0.1, -0.05) is 6.07 Å². The van der Waals surface area contributed by atoms with Gasteiger partial charge in [0.05, 0.1) is 25.7 Å². The number of aromatic amines is 1. The molecule has 0 saturated carbocycles. The lowest BCUT2D eigenvalue weighted by Crippen LogP contribution is -2.23. The number of aromatic nitrogens is 2. The molecule has 1 aromatic carbocycles. The average Bonchev–Trinajstić information content (AvgIpc) is 2.89. The third-order valence-electron chi connectivity index (χ3n) is 2.66. The lowest BCUT2D eigenvalue weighted by atomic mass is 10.1. The normalized spacial score (nSPS) is 10.1. The van der Waals surface area contributed by atoms with Gasteiger partial charge >= 0.3 is 0 Å². The maximum atomic E-state index is 11.9. The van der Waals surface area contributed by atoms with Crippen molar-refractivity contribution in [2.24, 2.45) is 0 Å². The number of aryl methyl sites for hydroxylation is 1. The highest BCUT2D eigenvalue weighted by molar-refractivity contribution is 5.94. The van der Waals surface area contributed by atoms with Crippen molar-refractivity contribution in [3.05, 3.63) is 47.5 Å². The standard InChI is InChI=1S/C13H15N3O2/c1-9-3-4-10(5-12(9)18-2)13(17)15-7-11-6-14-8-16-11/h3-6,8H,7H2,1-2H3,(H,14,16)(H,15,17). The molecule has 2 N–H and O–H groups in total. The molecule has 5 heteroatoms. The third-order valence-corrected chi connectivity index (χ3v) is 2.66. The number of hydrogen-bond acceptors (Lipinski definition) is 3. The predicted molar refractivity (Wildman–Crippen MR) is 67.5 cm³/mol. The molecule has 0 aliphatic rings. The van der Waals surface area contributed by atoms with Crippen LogP contribution in [0.25, 0.3) is 0 Å². The van der Waals surface area contributed by atoms with Crippen molar-refractivity contribution in [2.45, 2.75) is 13.5 Å². The van der Waals surface area contributed by atoms with E-state index in [1.165, 1.54) is 0 Å². The van der Waals surface area contributed by atoms with E-state index in [0.717, 1.165) is 11.3 Å². The van der Waals surface area contributed by atoms with E-state index in [9.17, 15) is 4.79 Å². The number of amides is 1. The number of carbonyl (C=O) groups excluding carboxylic acids is 1. The van der Waals surface area contributed by atoms with Crippen LogP contribution in [0.4, 0.5) is 0 Å². The van der Waals surface area contributed by atoms with Gasteiger partial charge in [0.15, 0.2) is 0 Å². The van der Waals surface area contributed by atoms with Gasteiger partial charge in [-0.2, -0.15) is 0 Å². The number of ether oxygens (including phenoxy) is 1. The van der Waals surface area contributed by atoms with Crippen LogP contribution < -0.4 is 10.1 Å². The zero-order valence-corrected chi connectivity index (χ0v) is 10.4. The Morgan fingerprint density at radius 3 is 3.00 bits per heavy atom. The first-order chi connectivity index (χ1) is 8.70. The van der Waals surface area contributed by atoms with E-state index in [-0.39, 0.29) is 5.91 Å². The molecule has 0 atom stereocenters. The molecular formula is C13H15N3O2. The Kier molecular flexibility index (Phi) is 3.62. The zero-order valence-electron chi connectivity index (χ0n) is 10.4. The fraction of sp³-hybridized carbons (Fsp3) is 0.231. The monoisotopic (exact) mass is 245 g/mol. The fourth-order valence-corrected chi connectivity index (χ4v) is 1.62. The Morgan fingerprint density at radius 1 is 1.50 bits per heavy atom. The van der Waals surface area contributed by atoms with Gasteiger partial charge in [-0.05, 0) is 24.6 Å². The summed E-state index contributed by atoms with van der Waals surface area (Å²) >= 11 is 0. The number of methoxy groups -OCH3 is 1. The molecule has 5 nitrogen and oxygen atoms in total. The summed E-state index contributed by atoms with van der Waals surface area (Å²) in [6, 6.07) is 5.38. The number of imidazole rings is 1. The lowest BCUT2D eigenvalue weighted by Gasteiger charge is -2.08. The summed E-state index contributed by atoms with van der Waals surface area (Å²) in [5, 5.41) is 2.81. The van der Waals surface area contributed by atoms with Crippen molar-refractivity contribution in [3.8, 4) is 5.75 Å². The number of hydrogen-bond donors (Lipinski definition) is 2. The van der Waals surface area contributed by atoms with E-state index in [2.05, 4.69) is 15.3 Å². The molecule has 0 fully saturated rings. The molecule has 18 heavy (non-hydrogen) atoms. The van der Waals surface area contributed by atoms with E-state index in [1.807, 2.05) is 13.0 Å². The second kappa shape index (κ2) is 5.35. The maximum absolute atomic E-state index is 11.9. The zero-order chi connectivity index (χ0) is 13.0. The molecule has 1 heterocycles. The fourth-order valence-electron chi connectivity index (χ4n) is 1.62. The molecule has 0 bridgehead atoms. The summed E-state index contributed by atoms with van der Waals surface area (Å²) in [5.74, 6) is 0.576. The van der Waals surface area contributed by atoms with Crippen LogP contribution in [0.2, 0.25) is 0 Å². The molecule has 0 unspecified atom stereocenters. The first kappa shape index (κ1) is 12.2. The highest BCUT2D eigenvalue weighted by Crippen LogP contribution is 2.18. The van der Waals surface area contributed by atoms with Gasteiger partial charge in [0.2, 0.25) is 0 Å². The van der Waals surface area contributed by atoms with E-state index < -0.39 is 0 Å². The molecule has 2 aromatic rings. The Labute approximate surface area is 105 Å². The molecule has 0 saturated heterocycles. The molecule has 1 aromatic heterocycles. The van der Waals surface area contributed by atoms with Gasteiger partial charge in [-0.3, -0.25) is 4.79 Å². The number of nitrogens with zero attached hydrogens (tertiary/aromatic N) is 1. The van der Waals surface area contributed by atoms with Gasteiger partial charge < -0.3 is 15.0 Å². The maximum Gasteiger partial charge on any atom is 0.251 e. The average molecular weight is 245 g/mol. The van der Waals surface area contributed by atoms with E-state index >= 15 is 0 Å². The number of benzene rings is 1. The van der Waals surface area contributed by atoms with Crippen molar-refractivity contribution >= 4 is 5.91 Å².